The smallest absolute Gasteiger partial charge is 0.305 e. The molecule has 1 aromatic carbocycles. The number of imide groups is 2. The van der Waals surface area contributed by atoms with Crippen molar-refractivity contribution in [2.75, 3.05) is 44.7 Å². The monoisotopic (exact) mass is 512 g/mol. The first-order valence-electron chi connectivity index (χ1n) is 13.3. The molecule has 0 aliphatic carbocycles. The number of benzene rings is 1. The summed E-state index contributed by atoms with van der Waals surface area (Å²) >= 11 is 0. The standard InChI is InChI=1S/C27H36N4O6/c1-37-24(33)8-6-4-2-3-5-7-13-29-14-16-30(17-15-29)19-9-10-20-21(18-19)27(36)31(26(20)35)22-11-12-23(32)28-25(22)34/h9-10,18,22H,2-8,11-17H2,1H3,(H,28,32,34). The molecule has 2 saturated heterocycles. The number of unbranched alkanes of at least 4 members (excludes halogenated alkanes) is 5. The first-order chi connectivity index (χ1) is 17.9. The predicted octanol–water partition coefficient (Wildman–Crippen LogP) is 2.11. The van der Waals surface area contributed by atoms with Gasteiger partial charge >= 0.3 is 5.97 Å². The highest BCUT2D eigenvalue weighted by Crippen LogP contribution is 2.31. The van der Waals surface area contributed by atoms with Crippen LogP contribution in [0.3, 0.4) is 0 Å². The van der Waals surface area contributed by atoms with Gasteiger partial charge in [-0.1, -0.05) is 25.7 Å². The first-order valence-corrected chi connectivity index (χ1v) is 13.3. The highest BCUT2D eigenvalue weighted by atomic mass is 16.5. The number of fused-ring (bicyclic) bond motifs is 1. The lowest BCUT2D eigenvalue weighted by molar-refractivity contribution is -0.141. The second-order valence-corrected chi connectivity index (χ2v) is 9.95. The van der Waals surface area contributed by atoms with E-state index in [2.05, 4.69) is 19.9 Å². The fraction of sp³-hybridized carbons (Fsp3) is 0.593. The van der Waals surface area contributed by atoms with Gasteiger partial charge in [0.2, 0.25) is 11.8 Å². The number of nitrogens with zero attached hydrogens (tertiary/aromatic N) is 3. The van der Waals surface area contributed by atoms with Crippen molar-refractivity contribution in [3.8, 4) is 0 Å². The van der Waals surface area contributed by atoms with Crippen molar-refractivity contribution in [2.24, 2.45) is 0 Å². The summed E-state index contributed by atoms with van der Waals surface area (Å²) in [5.41, 5.74) is 1.53. The van der Waals surface area contributed by atoms with Gasteiger partial charge in [0.1, 0.15) is 6.04 Å². The molecule has 10 nitrogen and oxygen atoms in total. The maximum atomic E-state index is 13.1. The van der Waals surface area contributed by atoms with Gasteiger partial charge in [0.25, 0.3) is 11.8 Å². The van der Waals surface area contributed by atoms with Crippen LogP contribution in [0.1, 0.15) is 78.5 Å². The molecule has 0 radical (unpaired) electrons. The highest BCUT2D eigenvalue weighted by molar-refractivity contribution is 6.23. The van der Waals surface area contributed by atoms with Crippen LogP contribution >= 0.6 is 0 Å². The predicted molar refractivity (Wildman–Crippen MR) is 136 cm³/mol. The number of amides is 4. The summed E-state index contributed by atoms with van der Waals surface area (Å²) in [6.45, 7) is 4.61. The fourth-order valence-electron chi connectivity index (χ4n) is 5.30. The van der Waals surface area contributed by atoms with Gasteiger partial charge in [-0.3, -0.25) is 39.1 Å². The highest BCUT2D eigenvalue weighted by Gasteiger charge is 2.44. The van der Waals surface area contributed by atoms with Gasteiger partial charge in [0.05, 0.1) is 18.2 Å². The Balaban J connectivity index is 1.21. The van der Waals surface area contributed by atoms with Crippen molar-refractivity contribution in [2.45, 2.75) is 63.8 Å². The third kappa shape index (κ3) is 6.36. The van der Waals surface area contributed by atoms with Crippen LogP contribution in [0.2, 0.25) is 0 Å². The molecule has 2 fully saturated rings. The fourth-order valence-corrected chi connectivity index (χ4v) is 5.30. The SMILES string of the molecule is COC(=O)CCCCCCCCN1CCN(c2ccc3c(c2)C(=O)N(C2CCC(=O)NC2=O)C3=O)CC1. The molecular weight excluding hydrogens is 476 g/mol. The molecule has 1 N–H and O–H groups in total. The number of carbonyl (C=O) groups is 5. The van der Waals surface area contributed by atoms with Gasteiger partial charge in [0.15, 0.2) is 0 Å². The van der Waals surface area contributed by atoms with E-state index in [0.717, 1.165) is 69.0 Å². The number of methoxy groups -OCH3 is 1. The number of hydrogen-bond donors (Lipinski definition) is 1. The largest absolute Gasteiger partial charge is 0.469 e. The van der Waals surface area contributed by atoms with E-state index >= 15 is 0 Å². The molecule has 200 valence electrons. The lowest BCUT2D eigenvalue weighted by Crippen LogP contribution is -2.54. The molecule has 1 unspecified atom stereocenters. The van der Waals surface area contributed by atoms with E-state index < -0.39 is 23.8 Å². The molecule has 0 saturated carbocycles. The van der Waals surface area contributed by atoms with Crippen molar-refractivity contribution in [3.05, 3.63) is 29.3 Å². The van der Waals surface area contributed by atoms with Gasteiger partial charge in [0, 0.05) is 44.7 Å². The number of nitrogens with one attached hydrogen (secondary N) is 1. The normalized spacial score (nSPS) is 20.3. The van der Waals surface area contributed by atoms with E-state index in [1.54, 1.807) is 12.1 Å². The Morgan fingerprint density at radius 2 is 1.59 bits per heavy atom. The van der Waals surface area contributed by atoms with Crippen molar-refractivity contribution >= 4 is 35.3 Å². The molecule has 0 aromatic heterocycles. The molecule has 4 rings (SSSR count). The second kappa shape index (κ2) is 12.3. The number of carbonyl (C=O) groups excluding carboxylic acids is 5. The topological polar surface area (TPSA) is 116 Å². The Bertz CT molecular complexity index is 1050. The summed E-state index contributed by atoms with van der Waals surface area (Å²) in [5, 5.41) is 2.22. The van der Waals surface area contributed by atoms with Crippen LogP contribution < -0.4 is 10.2 Å². The van der Waals surface area contributed by atoms with Crippen LogP contribution in [0.5, 0.6) is 0 Å². The van der Waals surface area contributed by atoms with Gasteiger partial charge < -0.3 is 9.64 Å². The zero-order chi connectivity index (χ0) is 26.4. The Morgan fingerprint density at radius 1 is 0.919 bits per heavy atom. The molecule has 3 heterocycles. The van der Waals surface area contributed by atoms with E-state index in [0.29, 0.717) is 17.5 Å². The van der Waals surface area contributed by atoms with Crippen LogP contribution in [-0.4, -0.2) is 85.3 Å². The average Bonchev–Trinajstić information content (AvgIpc) is 3.15. The van der Waals surface area contributed by atoms with E-state index in [9.17, 15) is 24.0 Å². The van der Waals surface area contributed by atoms with Gasteiger partial charge in [-0.2, -0.15) is 0 Å². The Morgan fingerprint density at radius 3 is 2.30 bits per heavy atom. The molecule has 37 heavy (non-hydrogen) atoms. The number of piperazine rings is 1. The van der Waals surface area contributed by atoms with E-state index in [4.69, 9.17) is 0 Å². The molecule has 10 heteroatoms. The summed E-state index contributed by atoms with van der Waals surface area (Å²) in [4.78, 5) is 66.5. The van der Waals surface area contributed by atoms with Crippen LogP contribution in [-0.2, 0) is 19.1 Å². The summed E-state index contributed by atoms with van der Waals surface area (Å²) in [6, 6.07) is 4.36. The third-order valence-corrected chi connectivity index (χ3v) is 7.49. The zero-order valence-electron chi connectivity index (χ0n) is 21.5. The molecule has 3 aliphatic rings. The minimum absolute atomic E-state index is 0.108. The van der Waals surface area contributed by atoms with Crippen LogP contribution in [0.15, 0.2) is 18.2 Å². The number of piperidine rings is 1. The number of ether oxygens (including phenoxy) is 1. The number of hydrogen-bond acceptors (Lipinski definition) is 8. The quantitative estimate of drug-likeness (QED) is 0.272. The average molecular weight is 513 g/mol. The molecule has 3 aliphatic heterocycles. The maximum absolute atomic E-state index is 13.1. The number of esters is 1. The van der Waals surface area contributed by atoms with Gasteiger partial charge in [-0.25, -0.2) is 0 Å². The van der Waals surface area contributed by atoms with E-state index in [1.165, 1.54) is 20.0 Å². The van der Waals surface area contributed by atoms with Crippen molar-refractivity contribution in [1.29, 1.82) is 0 Å². The number of rotatable bonds is 11. The first kappa shape index (κ1) is 26.8. The summed E-state index contributed by atoms with van der Waals surface area (Å²) < 4.78 is 4.66. The third-order valence-electron chi connectivity index (χ3n) is 7.49. The minimum atomic E-state index is -0.947. The molecule has 1 atom stereocenters. The summed E-state index contributed by atoms with van der Waals surface area (Å²) in [5.74, 6) is -2.06. The maximum Gasteiger partial charge on any atom is 0.305 e. The summed E-state index contributed by atoms with van der Waals surface area (Å²) in [6.07, 6.45) is 7.39. The lowest BCUT2D eigenvalue weighted by atomic mass is 10.0. The zero-order valence-corrected chi connectivity index (χ0v) is 21.5. The Hall–Kier alpha value is -3.27. The van der Waals surface area contributed by atoms with Crippen molar-refractivity contribution in [1.82, 2.24) is 15.1 Å². The van der Waals surface area contributed by atoms with Crippen LogP contribution in [0.4, 0.5) is 5.69 Å². The molecule has 0 bridgehead atoms. The molecule has 1 aromatic rings. The molecule has 4 amide bonds. The van der Waals surface area contributed by atoms with Gasteiger partial charge in [-0.05, 0) is 44.0 Å². The van der Waals surface area contributed by atoms with Crippen LogP contribution in [0.25, 0.3) is 0 Å². The second-order valence-electron chi connectivity index (χ2n) is 9.95. The minimum Gasteiger partial charge on any atom is -0.469 e. The van der Waals surface area contributed by atoms with Crippen molar-refractivity contribution in [3.63, 3.8) is 0 Å². The van der Waals surface area contributed by atoms with Crippen LogP contribution in [0, 0.1) is 0 Å². The van der Waals surface area contributed by atoms with Gasteiger partial charge in [-0.15, -0.1) is 0 Å². The molecular formula is C27H36N4O6. The summed E-state index contributed by atoms with van der Waals surface area (Å²) in [7, 11) is 1.43. The Kier molecular flexibility index (Phi) is 8.91. The molecule has 0 spiro atoms. The lowest BCUT2D eigenvalue weighted by Gasteiger charge is -2.36. The number of anilines is 1. The van der Waals surface area contributed by atoms with E-state index in [1.807, 2.05) is 6.07 Å². The Labute approximate surface area is 217 Å². The van der Waals surface area contributed by atoms with Crippen molar-refractivity contribution < 1.29 is 28.7 Å². The van der Waals surface area contributed by atoms with E-state index in [-0.39, 0.29) is 24.7 Å².